The van der Waals surface area contributed by atoms with Crippen molar-refractivity contribution in [3.63, 3.8) is 0 Å². The van der Waals surface area contributed by atoms with Gasteiger partial charge in [-0.25, -0.2) is 13.4 Å². The zero-order chi connectivity index (χ0) is 13.3. The molecule has 1 aliphatic heterocycles. The molecule has 2 rings (SSSR count). The predicted molar refractivity (Wildman–Crippen MR) is 68.8 cm³/mol. The number of anilines is 2. The molecule has 1 saturated heterocycles. The molecule has 2 heterocycles. The molecule has 1 aromatic rings. The second-order valence-corrected chi connectivity index (χ2v) is 6.65. The Morgan fingerprint density at radius 3 is 2.83 bits per heavy atom. The molecule has 1 fully saturated rings. The monoisotopic (exact) mass is 266 g/mol. The van der Waals surface area contributed by atoms with E-state index >= 15 is 0 Å². The Balaban J connectivity index is 2.25. The molecular weight excluding hydrogens is 252 g/mol. The van der Waals surface area contributed by atoms with Crippen molar-refractivity contribution in [1.29, 1.82) is 5.26 Å². The van der Waals surface area contributed by atoms with E-state index in [0.717, 1.165) is 0 Å². The molecule has 0 bridgehead atoms. The maximum atomic E-state index is 11.4. The number of hydrogen-bond donors (Lipinski definition) is 1. The molecule has 0 aromatic carbocycles. The van der Waals surface area contributed by atoms with Crippen LogP contribution in [0.25, 0.3) is 0 Å². The summed E-state index contributed by atoms with van der Waals surface area (Å²) >= 11 is 0. The van der Waals surface area contributed by atoms with E-state index in [9.17, 15) is 8.42 Å². The predicted octanol–water partition coefficient (Wildman–Crippen LogP) is 0.159. The highest BCUT2D eigenvalue weighted by Gasteiger charge is 2.31. The Kier molecular flexibility index (Phi) is 3.13. The maximum Gasteiger partial charge on any atom is 0.152 e. The number of sulfone groups is 1. The molecule has 1 aromatic heterocycles. The summed E-state index contributed by atoms with van der Waals surface area (Å²) in [6, 6.07) is 3.40. The Hall–Kier alpha value is -1.81. The van der Waals surface area contributed by atoms with Crippen LogP contribution < -0.4 is 10.6 Å². The summed E-state index contributed by atoms with van der Waals surface area (Å²) < 4.78 is 22.9. The van der Waals surface area contributed by atoms with Gasteiger partial charge >= 0.3 is 0 Å². The van der Waals surface area contributed by atoms with E-state index in [1.54, 1.807) is 18.0 Å². The van der Waals surface area contributed by atoms with Gasteiger partial charge < -0.3 is 10.6 Å². The number of pyridine rings is 1. The van der Waals surface area contributed by atoms with Crippen LogP contribution in [0.5, 0.6) is 0 Å². The summed E-state index contributed by atoms with van der Waals surface area (Å²) in [5, 5.41) is 8.73. The zero-order valence-electron chi connectivity index (χ0n) is 10.00. The summed E-state index contributed by atoms with van der Waals surface area (Å²) in [5.41, 5.74) is 6.61. The largest absolute Gasteiger partial charge is 0.396 e. The molecule has 96 valence electrons. The highest BCUT2D eigenvalue weighted by molar-refractivity contribution is 7.91. The molecule has 0 amide bonds. The molecular formula is C11H14N4O2S. The molecule has 0 radical (unpaired) electrons. The van der Waals surface area contributed by atoms with Gasteiger partial charge in [0, 0.05) is 19.3 Å². The highest BCUT2D eigenvalue weighted by atomic mass is 32.2. The van der Waals surface area contributed by atoms with E-state index in [-0.39, 0.29) is 17.5 Å². The Labute approximate surface area is 106 Å². The number of nitrogen functional groups attached to an aromatic ring is 1. The number of rotatable bonds is 2. The second kappa shape index (κ2) is 4.46. The van der Waals surface area contributed by atoms with Gasteiger partial charge in [-0.1, -0.05) is 0 Å². The van der Waals surface area contributed by atoms with Crippen molar-refractivity contribution in [3.8, 4) is 6.07 Å². The minimum atomic E-state index is -2.94. The van der Waals surface area contributed by atoms with Gasteiger partial charge in [-0.15, -0.1) is 0 Å². The standard InChI is InChI=1S/C11H14N4O2S/c1-15(9-2-3-18(16,17)7-9)11-10(13)4-8(5-12)6-14-11/h4,6,9H,2-3,7,13H2,1H3. The van der Waals surface area contributed by atoms with Crippen molar-refractivity contribution in [2.75, 3.05) is 29.2 Å². The minimum Gasteiger partial charge on any atom is -0.396 e. The number of hydrogen-bond acceptors (Lipinski definition) is 6. The minimum absolute atomic E-state index is 0.0993. The molecule has 1 aliphatic rings. The molecule has 2 N–H and O–H groups in total. The van der Waals surface area contributed by atoms with E-state index in [1.165, 1.54) is 6.20 Å². The van der Waals surface area contributed by atoms with Crippen LogP contribution in [-0.2, 0) is 9.84 Å². The molecule has 7 heteroatoms. The van der Waals surface area contributed by atoms with E-state index < -0.39 is 9.84 Å². The number of nitrogens with two attached hydrogens (primary N) is 1. The van der Waals surface area contributed by atoms with Crippen LogP contribution in [0.4, 0.5) is 11.5 Å². The molecule has 0 aliphatic carbocycles. The Morgan fingerprint density at radius 2 is 2.33 bits per heavy atom. The molecule has 0 spiro atoms. The summed E-state index contributed by atoms with van der Waals surface area (Å²) in [4.78, 5) is 5.90. The van der Waals surface area contributed by atoms with Crippen LogP contribution in [0, 0.1) is 11.3 Å². The summed E-state index contributed by atoms with van der Waals surface area (Å²) in [5.74, 6) is 0.860. The topological polar surface area (TPSA) is 100 Å². The van der Waals surface area contributed by atoms with Crippen molar-refractivity contribution in [3.05, 3.63) is 17.8 Å². The first-order valence-electron chi connectivity index (χ1n) is 5.52. The van der Waals surface area contributed by atoms with Gasteiger partial charge in [0.25, 0.3) is 0 Å². The lowest BCUT2D eigenvalue weighted by molar-refractivity contribution is 0.600. The number of nitriles is 1. The Bertz CT molecular complexity index is 606. The molecule has 0 saturated carbocycles. The molecule has 18 heavy (non-hydrogen) atoms. The van der Waals surface area contributed by atoms with Crippen molar-refractivity contribution >= 4 is 21.3 Å². The molecule has 6 nitrogen and oxygen atoms in total. The normalized spacial score (nSPS) is 21.4. The van der Waals surface area contributed by atoms with Gasteiger partial charge in [-0.2, -0.15) is 5.26 Å². The van der Waals surface area contributed by atoms with Gasteiger partial charge in [0.2, 0.25) is 0 Å². The smallest absolute Gasteiger partial charge is 0.152 e. The fourth-order valence-electron chi connectivity index (χ4n) is 2.08. The third-order valence-corrected chi connectivity index (χ3v) is 4.86. The van der Waals surface area contributed by atoms with Crippen LogP contribution in [0.1, 0.15) is 12.0 Å². The van der Waals surface area contributed by atoms with E-state index in [4.69, 9.17) is 11.0 Å². The Morgan fingerprint density at radius 1 is 1.61 bits per heavy atom. The van der Waals surface area contributed by atoms with E-state index in [0.29, 0.717) is 23.5 Å². The zero-order valence-corrected chi connectivity index (χ0v) is 10.8. The van der Waals surface area contributed by atoms with Gasteiger partial charge in [0.05, 0.1) is 22.8 Å². The lowest BCUT2D eigenvalue weighted by Crippen LogP contribution is -2.33. The van der Waals surface area contributed by atoms with E-state index in [2.05, 4.69) is 4.98 Å². The first kappa shape index (κ1) is 12.6. The average molecular weight is 266 g/mol. The van der Waals surface area contributed by atoms with Gasteiger partial charge in [-0.05, 0) is 12.5 Å². The lowest BCUT2D eigenvalue weighted by Gasteiger charge is -2.25. The number of nitrogens with zero attached hydrogens (tertiary/aromatic N) is 3. The fourth-order valence-corrected chi connectivity index (χ4v) is 3.86. The van der Waals surface area contributed by atoms with Crippen LogP contribution in [0.15, 0.2) is 12.3 Å². The number of aromatic nitrogens is 1. The third kappa shape index (κ3) is 2.38. The maximum absolute atomic E-state index is 11.4. The fraction of sp³-hybridized carbons (Fsp3) is 0.455. The SMILES string of the molecule is CN(c1ncc(C#N)cc1N)C1CCS(=O)(=O)C1. The van der Waals surface area contributed by atoms with Gasteiger partial charge in [0.1, 0.15) is 6.07 Å². The third-order valence-electron chi connectivity index (χ3n) is 3.11. The second-order valence-electron chi connectivity index (χ2n) is 4.42. The highest BCUT2D eigenvalue weighted by Crippen LogP contribution is 2.26. The first-order valence-corrected chi connectivity index (χ1v) is 7.34. The summed E-state index contributed by atoms with van der Waals surface area (Å²) in [6.07, 6.45) is 2.02. The molecule has 1 atom stereocenters. The van der Waals surface area contributed by atoms with Gasteiger partial charge in [0.15, 0.2) is 15.7 Å². The molecule has 1 unspecified atom stereocenters. The van der Waals surface area contributed by atoms with Crippen molar-refractivity contribution in [2.45, 2.75) is 12.5 Å². The van der Waals surface area contributed by atoms with Crippen LogP contribution >= 0.6 is 0 Å². The van der Waals surface area contributed by atoms with Crippen LogP contribution in [0.3, 0.4) is 0 Å². The van der Waals surface area contributed by atoms with Crippen LogP contribution in [-0.4, -0.2) is 38.0 Å². The van der Waals surface area contributed by atoms with Crippen molar-refractivity contribution < 1.29 is 8.42 Å². The summed E-state index contributed by atoms with van der Waals surface area (Å²) in [6.45, 7) is 0. The first-order chi connectivity index (χ1) is 8.43. The quantitative estimate of drug-likeness (QED) is 0.818. The van der Waals surface area contributed by atoms with Gasteiger partial charge in [-0.3, -0.25) is 0 Å². The van der Waals surface area contributed by atoms with Crippen molar-refractivity contribution in [2.24, 2.45) is 0 Å². The average Bonchev–Trinajstić information content (AvgIpc) is 2.68. The van der Waals surface area contributed by atoms with Crippen molar-refractivity contribution in [1.82, 2.24) is 4.98 Å². The summed E-state index contributed by atoms with van der Waals surface area (Å²) in [7, 11) is -1.16. The van der Waals surface area contributed by atoms with E-state index in [1.807, 2.05) is 6.07 Å². The van der Waals surface area contributed by atoms with Crippen LogP contribution in [0.2, 0.25) is 0 Å². The lowest BCUT2D eigenvalue weighted by atomic mass is 10.2.